The Morgan fingerprint density at radius 3 is 1.45 bits per heavy atom. The zero-order valence-electron chi connectivity index (χ0n) is 21.9. The van der Waals surface area contributed by atoms with Crippen molar-refractivity contribution in [1.82, 2.24) is 0 Å². The van der Waals surface area contributed by atoms with Crippen LogP contribution in [0.4, 0.5) is 20.2 Å². The van der Waals surface area contributed by atoms with Crippen LogP contribution in [0.3, 0.4) is 0 Å². The number of aromatic nitrogens is 2. The summed E-state index contributed by atoms with van der Waals surface area (Å²) in [5.41, 5.74) is 8.26. The van der Waals surface area contributed by atoms with E-state index in [0.717, 1.165) is 55.4 Å². The lowest BCUT2D eigenvalue weighted by molar-refractivity contribution is -0.663. The van der Waals surface area contributed by atoms with Gasteiger partial charge in [-0.3, -0.25) is 0 Å². The fraction of sp³-hybridized carbons (Fsp3) is 0.118. The predicted molar refractivity (Wildman–Crippen MR) is 154 cm³/mol. The molecule has 8 bridgehead atoms. The molecule has 2 N–H and O–H groups in total. The summed E-state index contributed by atoms with van der Waals surface area (Å²) >= 11 is 0. The van der Waals surface area contributed by atoms with Gasteiger partial charge < -0.3 is 10.6 Å². The van der Waals surface area contributed by atoms with Crippen molar-refractivity contribution >= 4 is 33.2 Å². The van der Waals surface area contributed by atoms with E-state index in [0.29, 0.717) is 26.2 Å². The van der Waals surface area contributed by atoms with Crippen LogP contribution in [-0.4, -0.2) is 0 Å². The molecule has 2 aromatic heterocycles. The molecule has 6 heteroatoms. The molecule has 0 saturated carbocycles. The van der Waals surface area contributed by atoms with Gasteiger partial charge in [0, 0.05) is 48.5 Å². The summed E-state index contributed by atoms with van der Waals surface area (Å²) in [6, 6.07) is 30.9. The molecule has 0 spiro atoms. The average molecular weight is 531 g/mol. The number of hydrogen-bond donors (Lipinski definition) is 2. The normalized spacial score (nSPS) is 13.2. The Balaban J connectivity index is 1.36. The number of anilines is 2. The minimum absolute atomic E-state index is 0.257. The van der Waals surface area contributed by atoms with E-state index in [2.05, 4.69) is 80.7 Å². The van der Waals surface area contributed by atoms with Crippen LogP contribution in [0.15, 0.2) is 109 Å². The van der Waals surface area contributed by atoms with Crippen molar-refractivity contribution in [3.05, 3.63) is 143 Å². The van der Waals surface area contributed by atoms with Crippen LogP contribution in [0.1, 0.15) is 22.3 Å². The summed E-state index contributed by atoms with van der Waals surface area (Å²) < 4.78 is 33.0. The fourth-order valence-corrected chi connectivity index (χ4v) is 5.59. The first kappa shape index (κ1) is 24.2. The number of nitrogens with zero attached hydrogens (tertiary/aromatic N) is 2. The monoisotopic (exact) mass is 530 g/mol. The SMILES string of the molecule is Fc1ccc2c(c1)c1cc[n+]2Cc2cccc(c2)C[n+]2ccc(c3cc(F)ccc32)NCc2ccc(cc2)CN1. The van der Waals surface area contributed by atoms with E-state index in [9.17, 15) is 8.78 Å². The van der Waals surface area contributed by atoms with Crippen LogP contribution in [0.25, 0.3) is 21.8 Å². The quantitative estimate of drug-likeness (QED) is 0.220. The number of benzene rings is 4. The summed E-state index contributed by atoms with van der Waals surface area (Å²) in [5, 5.41) is 8.71. The van der Waals surface area contributed by atoms with Crippen LogP contribution in [0, 0.1) is 11.6 Å². The van der Waals surface area contributed by atoms with E-state index in [1.54, 1.807) is 12.1 Å². The second-order valence-electron chi connectivity index (χ2n) is 10.4. The summed E-state index contributed by atoms with van der Waals surface area (Å²) in [6.45, 7) is 2.54. The number of halogens is 2. The molecule has 4 aliphatic rings. The van der Waals surface area contributed by atoms with E-state index in [1.165, 1.54) is 12.1 Å². The van der Waals surface area contributed by atoms with Gasteiger partial charge in [0.1, 0.15) is 11.6 Å². The van der Waals surface area contributed by atoms with Crippen LogP contribution in [0.2, 0.25) is 0 Å². The second kappa shape index (κ2) is 10.0. The lowest BCUT2D eigenvalue weighted by Gasteiger charge is -2.12. The van der Waals surface area contributed by atoms with Gasteiger partial charge in [0.2, 0.25) is 11.0 Å². The third-order valence-corrected chi connectivity index (χ3v) is 7.64. The van der Waals surface area contributed by atoms with Gasteiger partial charge in [-0.05, 0) is 41.5 Å². The highest BCUT2D eigenvalue weighted by molar-refractivity contribution is 5.89. The molecule has 40 heavy (non-hydrogen) atoms. The average Bonchev–Trinajstić information content (AvgIpc) is 2.96. The molecule has 196 valence electrons. The second-order valence-corrected chi connectivity index (χ2v) is 10.4. The molecule has 6 heterocycles. The zero-order valence-corrected chi connectivity index (χ0v) is 21.9. The molecular weight excluding hydrogens is 502 g/mol. The predicted octanol–water partition coefficient (Wildman–Crippen LogP) is 6.48. The minimum atomic E-state index is -0.257. The maximum atomic E-state index is 14.4. The molecule has 0 amide bonds. The Labute approximate surface area is 231 Å². The van der Waals surface area contributed by atoms with Crippen molar-refractivity contribution in [2.45, 2.75) is 26.2 Å². The Hall–Kier alpha value is -4.84. The first-order valence-corrected chi connectivity index (χ1v) is 13.5. The van der Waals surface area contributed by atoms with Crippen molar-refractivity contribution < 1.29 is 17.9 Å². The topological polar surface area (TPSA) is 31.8 Å². The molecule has 6 aromatic rings. The maximum Gasteiger partial charge on any atom is 0.215 e. The van der Waals surface area contributed by atoms with Crippen molar-refractivity contribution in [1.29, 1.82) is 0 Å². The first-order valence-electron chi connectivity index (χ1n) is 13.5. The highest BCUT2D eigenvalue weighted by Crippen LogP contribution is 2.25. The third-order valence-electron chi connectivity index (χ3n) is 7.64. The highest BCUT2D eigenvalue weighted by atomic mass is 19.1. The fourth-order valence-electron chi connectivity index (χ4n) is 5.59. The van der Waals surface area contributed by atoms with Gasteiger partial charge in [-0.1, -0.05) is 42.5 Å². The molecule has 0 atom stereocenters. The largest absolute Gasteiger partial charge is 0.380 e. The van der Waals surface area contributed by atoms with Gasteiger partial charge in [-0.2, -0.15) is 9.13 Å². The maximum absolute atomic E-state index is 14.4. The first-order chi connectivity index (χ1) is 19.6. The molecule has 0 fully saturated rings. The van der Waals surface area contributed by atoms with Crippen LogP contribution in [0.5, 0.6) is 0 Å². The summed E-state index contributed by atoms with van der Waals surface area (Å²) in [5.74, 6) is -0.514. The Morgan fingerprint density at radius 1 is 0.500 bits per heavy atom. The van der Waals surface area contributed by atoms with Gasteiger partial charge in [0.25, 0.3) is 0 Å². The third kappa shape index (κ3) is 4.73. The molecule has 10 rings (SSSR count). The van der Waals surface area contributed by atoms with Crippen molar-refractivity contribution in [2.75, 3.05) is 10.6 Å². The van der Waals surface area contributed by atoms with Gasteiger partial charge in [-0.25, -0.2) is 8.78 Å². The molecule has 0 aliphatic carbocycles. The number of rotatable bonds is 0. The van der Waals surface area contributed by atoms with Gasteiger partial charge in [0.05, 0.1) is 22.1 Å². The lowest BCUT2D eigenvalue weighted by Crippen LogP contribution is -2.36. The molecule has 0 radical (unpaired) electrons. The van der Waals surface area contributed by atoms with Crippen molar-refractivity contribution in [2.24, 2.45) is 0 Å². The van der Waals surface area contributed by atoms with Gasteiger partial charge in [0.15, 0.2) is 25.5 Å². The van der Waals surface area contributed by atoms with Crippen LogP contribution >= 0.6 is 0 Å². The number of pyridine rings is 2. The van der Waals surface area contributed by atoms with Crippen LogP contribution in [-0.2, 0) is 26.2 Å². The summed E-state index contributed by atoms with van der Waals surface area (Å²) in [7, 11) is 0. The minimum Gasteiger partial charge on any atom is -0.380 e. The summed E-state index contributed by atoms with van der Waals surface area (Å²) in [4.78, 5) is 0. The van der Waals surface area contributed by atoms with E-state index in [4.69, 9.17) is 0 Å². The molecule has 4 aliphatic heterocycles. The van der Waals surface area contributed by atoms with Gasteiger partial charge >= 0.3 is 0 Å². The number of fused-ring (bicyclic) bond motifs is 1. The molecule has 4 aromatic carbocycles. The zero-order chi connectivity index (χ0) is 27.1. The van der Waals surface area contributed by atoms with Crippen molar-refractivity contribution in [3.8, 4) is 0 Å². The van der Waals surface area contributed by atoms with E-state index in [1.807, 2.05) is 24.3 Å². The van der Waals surface area contributed by atoms with Crippen molar-refractivity contribution in [3.63, 3.8) is 0 Å². The smallest absolute Gasteiger partial charge is 0.215 e. The Morgan fingerprint density at radius 2 is 0.975 bits per heavy atom. The standard InChI is InChI=1S/C34H26F2N4/c35-27-8-10-33-29(17-27)31-12-14-39(33)21-25-2-1-3-26(16-25)22-40-15-13-32(30-18-28(36)9-11-34(30)40)38-20-24-6-4-23(5-7-24)19-37-31/h1-18H,19-22H2/p+2. The summed E-state index contributed by atoms with van der Waals surface area (Å²) in [6.07, 6.45) is 4.12. The van der Waals surface area contributed by atoms with E-state index < -0.39 is 0 Å². The van der Waals surface area contributed by atoms with E-state index in [-0.39, 0.29) is 11.6 Å². The van der Waals surface area contributed by atoms with Gasteiger partial charge in [-0.15, -0.1) is 0 Å². The number of hydrogen-bond acceptors (Lipinski definition) is 2. The van der Waals surface area contributed by atoms with Crippen LogP contribution < -0.4 is 19.8 Å². The molecule has 4 nitrogen and oxygen atoms in total. The Bertz CT molecular complexity index is 1750. The molecule has 0 saturated heterocycles. The lowest BCUT2D eigenvalue weighted by atomic mass is 10.1. The van der Waals surface area contributed by atoms with E-state index >= 15 is 0 Å². The number of nitrogens with one attached hydrogen (secondary N) is 2. The molecular formula is C34H28F2N4+2. The highest BCUT2D eigenvalue weighted by Gasteiger charge is 2.17. The molecule has 0 unspecified atom stereocenters. The Kier molecular flexibility index (Phi) is 6.08.